The third kappa shape index (κ3) is 3.49. The number of benzene rings is 1. The molecule has 0 saturated carbocycles. The van der Waals surface area contributed by atoms with Crippen molar-refractivity contribution in [3.05, 3.63) is 73.4 Å². The van der Waals surface area contributed by atoms with Gasteiger partial charge in [0.25, 0.3) is 0 Å². The normalized spacial score (nSPS) is 21.4. The van der Waals surface area contributed by atoms with Gasteiger partial charge in [-0.3, -0.25) is 4.90 Å². The van der Waals surface area contributed by atoms with Crippen molar-refractivity contribution in [2.45, 2.75) is 37.8 Å². The van der Waals surface area contributed by atoms with Gasteiger partial charge in [-0.25, -0.2) is 0 Å². The molecular weight excluding hydrogens is 242 g/mol. The van der Waals surface area contributed by atoms with Gasteiger partial charge in [-0.1, -0.05) is 54.6 Å². The summed E-state index contributed by atoms with van der Waals surface area (Å²) in [4.78, 5) is 2.59. The predicted molar refractivity (Wildman–Crippen MR) is 87.7 cm³/mol. The van der Waals surface area contributed by atoms with Crippen LogP contribution in [0.25, 0.3) is 0 Å². The Morgan fingerprint density at radius 2 is 1.95 bits per heavy atom. The Hall–Kier alpha value is -1.60. The maximum atomic E-state index is 4.20. The van der Waals surface area contributed by atoms with E-state index in [4.69, 9.17) is 0 Å². The molecule has 1 aromatic rings. The van der Waals surface area contributed by atoms with Crippen LogP contribution < -0.4 is 0 Å². The highest BCUT2D eigenvalue weighted by atomic mass is 15.2. The molecule has 0 spiro atoms. The summed E-state index contributed by atoms with van der Waals surface area (Å²) in [5, 5.41) is 0. The van der Waals surface area contributed by atoms with Gasteiger partial charge >= 0.3 is 0 Å². The van der Waals surface area contributed by atoms with Gasteiger partial charge in [0.2, 0.25) is 0 Å². The fraction of sp³-hybridized carbons (Fsp3) is 0.368. The Morgan fingerprint density at radius 3 is 2.60 bits per heavy atom. The van der Waals surface area contributed by atoms with Crippen LogP contribution in [-0.4, -0.2) is 17.5 Å². The van der Waals surface area contributed by atoms with E-state index < -0.39 is 0 Å². The summed E-state index contributed by atoms with van der Waals surface area (Å²) in [6.07, 6.45) is 8.43. The molecule has 0 radical (unpaired) electrons. The van der Waals surface area contributed by atoms with E-state index in [0.29, 0.717) is 12.1 Å². The molecule has 0 aliphatic carbocycles. The Kier molecular flexibility index (Phi) is 5.37. The van der Waals surface area contributed by atoms with Crippen molar-refractivity contribution < 1.29 is 0 Å². The molecule has 1 aliphatic rings. The second-order valence-electron chi connectivity index (χ2n) is 5.59. The molecule has 0 bridgehead atoms. The minimum atomic E-state index is 0.399. The molecule has 1 heterocycles. The van der Waals surface area contributed by atoms with Gasteiger partial charge in [-0.15, -0.1) is 13.2 Å². The number of nitrogens with zero attached hydrogens (tertiary/aromatic N) is 1. The van der Waals surface area contributed by atoms with Gasteiger partial charge in [0, 0.05) is 18.6 Å². The fourth-order valence-electron chi connectivity index (χ4n) is 3.11. The highest BCUT2D eigenvalue weighted by Crippen LogP contribution is 2.33. The van der Waals surface area contributed by atoms with E-state index in [9.17, 15) is 0 Å². The average molecular weight is 267 g/mol. The standard InChI is InChI=1S/C19H25N/c1-4-9-18-14-13-16(3)15-20(18)19(10-5-2)17-11-7-6-8-12-17/h4-8,11-12,18-19H,1-3,9-10,13-15H2. The second-order valence-corrected chi connectivity index (χ2v) is 5.59. The lowest BCUT2D eigenvalue weighted by Crippen LogP contribution is -2.42. The second kappa shape index (κ2) is 7.25. The molecule has 1 heteroatoms. The van der Waals surface area contributed by atoms with Crippen molar-refractivity contribution in [3.63, 3.8) is 0 Å². The minimum absolute atomic E-state index is 0.399. The number of hydrogen-bond acceptors (Lipinski definition) is 1. The molecule has 2 atom stereocenters. The molecule has 1 fully saturated rings. The molecule has 0 aromatic heterocycles. The Balaban J connectivity index is 2.27. The Bertz CT molecular complexity index is 460. The van der Waals surface area contributed by atoms with E-state index in [0.717, 1.165) is 25.8 Å². The van der Waals surface area contributed by atoms with E-state index in [1.807, 2.05) is 12.2 Å². The lowest BCUT2D eigenvalue weighted by Gasteiger charge is -2.42. The average Bonchev–Trinajstić information content (AvgIpc) is 2.48. The molecule has 1 nitrogen and oxygen atoms in total. The number of rotatable bonds is 6. The van der Waals surface area contributed by atoms with Crippen LogP contribution in [0.3, 0.4) is 0 Å². The van der Waals surface area contributed by atoms with Gasteiger partial charge in [0.1, 0.15) is 0 Å². The first-order valence-electron chi connectivity index (χ1n) is 7.45. The minimum Gasteiger partial charge on any atom is -0.289 e. The van der Waals surface area contributed by atoms with Gasteiger partial charge < -0.3 is 0 Å². The first kappa shape index (κ1) is 14.8. The van der Waals surface area contributed by atoms with Crippen molar-refractivity contribution in [1.29, 1.82) is 0 Å². The van der Waals surface area contributed by atoms with Crippen LogP contribution in [0, 0.1) is 0 Å². The lowest BCUT2D eigenvalue weighted by molar-refractivity contribution is 0.121. The van der Waals surface area contributed by atoms with Crippen LogP contribution in [0.1, 0.15) is 37.3 Å². The maximum absolute atomic E-state index is 4.20. The predicted octanol–water partition coefficient (Wildman–Crippen LogP) is 4.90. The van der Waals surface area contributed by atoms with E-state index in [1.54, 1.807) is 0 Å². The van der Waals surface area contributed by atoms with Crippen molar-refractivity contribution >= 4 is 0 Å². The van der Waals surface area contributed by atoms with Gasteiger partial charge in [-0.05, 0) is 31.2 Å². The summed E-state index contributed by atoms with van der Waals surface area (Å²) in [6, 6.07) is 11.7. The third-order valence-corrected chi connectivity index (χ3v) is 4.12. The molecule has 0 amide bonds. The topological polar surface area (TPSA) is 3.24 Å². The largest absolute Gasteiger partial charge is 0.289 e. The molecule has 0 N–H and O–H groups in total. The van der Waals surface area contributed by atoms with Crippen LogP contribution in [0.2, 0.25) is 0 Å². The van der Waals surface area contributed by atoms with Crippen LogP contribution in [0.4, 0.5) is 0 Å². The van der Waals surface area contributed by atoms with Gasteiger partial charge in [0.15, 0.2) is 0 Å². The zero-order valence-corrected chi connectivity index (χ0v) is 12.3. The zero-order chi connectivity index (χ0) is 14.4. The van der Waals surface area contributed by atoms with Crippen LogP contribution in [-0.2, 0) is 0 Å². The molecule has 2 rings (SSSR count). The van der Waals surface area contributed by atoms with Crippen LogP contribution in [0.5, 0.6) is 0 Å². The van der Waals surface area contributed by atoms with E-state index in [1.165, 1.54) is 17.6 Å². The molecule has 1 saturated heterocycles. The lowest BCUT2D eigenvalue weighted by atomic mass is 9.91. The summed E-state index contributed by atoms with van der Waals surface area (Å²) in [6.45, 7) is 13.1. The van der Waals surface area contributed by atoms with E-state index >= 15 is 0 Å². The molecule has 1 aliphatic heterocycles. The zero-order valence-electron chi connectivity index (χ0n) is 12.3. The first-order chi connectivity index (χ1) is 9.76. The highest BCUT2D eigenvalue weighted by Gasteiger charge is 2.29. The SMILES string of the molecule is C=CCC1CCC(=C)CN1C(CC=C)c1ccccc1. The third-order valence-electron chi connectivity index (χ3n) is 4.12. The first-order valence-corrected chi connectivity index (χ1v) is 7.45. The number of hydrogen-bond donors (Lipinski definition) is 0. The van der Waals surface area contributed by atoms with Gasteiger partial charge in [-0.2, -0.15) is 0 Å². The fourth-order valence-corrected chi connectivity index (χ4v) is 3.11. The molecule has 106 valence electrons. The maximum Gasteiger partial charge on any atom is 0.0388 e. The summed E-state index contributed by atoms with van der Waals surface area (Å²) in [5.74, 6) is 0. The summed E-state index contributed by atoms with van der Waals surface area (Å²) >= 11 is 0. The van der Waals surface area contributed by atoms with Crippen molar-refractivity contribution in [1.82, 2.24) is 4.90 Å². The Morgan fingerprint density at radius 1 is 1.20 bits per heavy atom. The van der Waals surface area contributed by atoms with E-state index in [2.05, 4.69) is 55.0 Å². The van der Waals surface area contributed by atoms with Gasteiger partial charge in [0.05, 0.1) is 0 Å². The molecule has 20 heavy (non-hydrogen) atoms. The van der Waals surface area contributed by atoms with Crippen molar-refractivity contribution in [3.8, 4) is 0 Å². The molecule has 1 aromatic carbocycles. The van der Waals surface area contributed by atoms with Crippen LogP contribution in [0.15, 0.2) is 67.8 Å². The Labute approximate surface area is 123 Å². The molecule has 2 unspecified atom stereocenters. The monoisotopic (exact) mass is 267 g/mol. The quantitative estimate of drug-likeness (QED) is 0.663. The summed E-state index contributed by atoms with van der Waals surface area (Å²) in [7, 11) is 0. The number of piperidine rings is 1. The van der Waals surface area contributed by atoms with Crippen molar-refractivity contribution in [2.24, 2.45) is 0 Å². The highest BCUT2D eigenvalue weighted by molar-refractivity contribution is 5.21. The summed E-state index contributed by atoms with van der Waals surface area (Å²) in [5.41, 5.74) is 2.71. The molecular formula is C19H25N. The van der Waals surface area contributed by atoms with Crippen LogP contribution >= 0.6 is 0 Å². The summed E-state index contributed by atoms with van der Waals surface area (Å²) < 4.78 is 0. The number of likely N-dealkylation sites (tertiary alicyclic amines) is 1. The smallest absolute Gasteiger partial charge is 0.0388 e. The van der Waals surface area contributed by atoms with E-state index in [-0.39, 0.29) is 0 Å². The van der Waals surface area contributed by atoms with Crippen molar-refractivity contribution in [2.75, 3.05) is 6.54 Å².